The molecular formula is C18H18Cl3NO3. The van der Waals surface area contributed by atoms with Crippen LogP contribution in [0.4, 0.5) is 5.69 Å². The summed E-state index contributed by atoms with van der Waals surface area (Å²) in [5.41, 5.74) is 1.79. The van der Waals surface area contributed by atoms with Crippen LogP contribution in [0.25, 0.3) is 0 Å². The van der Waals surface area contributed by atoms with E-state index in [-0.39, 0.29) is 22.0 Å². The van der Waals surface area contributed by atoms with E-state index in [1.165, 1.54) is 0 Å². The number of benzene rings is 1. The largest absolute Gasteiger partial charge is 0.460 e. The fourth-order valence-electron chi connectivity index (χ4n) is 2.53. The SMILES string of the molecule is Cc1ccc(NC(=O)[C@H]2CC=CC[C@H]2C(=O)OCC(Cl)=C(Cl)Cl)cc1. The van der Waals surface area contributed by atoms with Crippen LogP contribution in [0.2, 0.25) is 0 Å². The van der Waals surface area contributed by atoms with Crippen molar-refractivity contribution in [2.24, 2.45) is 11.8 Å². The van der Waals surface area contributed by atoms with Gasteiger partial charge in [0.2, 0.25) is 5.91 Å². The van der Waals surface area contributed by atoms with Crippen LogP contribution < -0.4 is 5.32 Å². The van der Waals surface area contributed by atoms with Gasteiger partial charge < -0.3 is 10.1 Å². The Hall–Kier alpha value is -1.49. The first kappa shape index (κ1) is 19.8. The van der Waals surface area contributed by atoms with Crippen molar-refractivity contribution < 1.29 is 14.3 Å². The van der Waals surface area contributed by atoms with E-state index in [2.05, 4.69) is 5.32 Å². The first-order valence-electron chi connectivity index (χ1n) is 7.77. The lowest BCUT2D eigenvalue weighted by molar-refractivity contribution is -0.151. The molecule has 0 radical (unpaired) electrons. The first-order chi connectivity index (χ1) is 11.9. The molecule has 0 bridgehead atoms. The summed E-state index contributed by atoms with van der Waals surface area (Å²) in [6.45, 7) is 1.76. The Balaban J connectivity index is 2.03. The number of esters is 1. The molecule has 7 heteroatoms. The van der Waals surface area contributed by atoms with Crippen molar-refractivity contribution in [3.63, 3.8) is 0 Å². The molecule has 1 aromatic carbocycles. The van der Waals surface area contributed by atoms with Gasteiger partial charge >= 0.3 is 5.97 Å². The van der Waals surface area contributed by atoms with Gasteiger partial charge in [0, 0.05) is 5.69 Å². The third-order valence-corrected chi connectivity index (χ3v) is 4.89. The molecule has 0 aliphatic heterocycles. The van der Waals surface area contributed by atoms with Gasteiger partial charge in [0.1, 0.15) is 11.1 Å². The summed E-state index contributed by atoms with van der Waals surface area (Å²) < 4.78 is 4.99. The van der Waals surface area contributed by atoms with Crippen LogP contribution in [0.3, 0.4) is 0 Å². The summed E-state index contributed by atoms with van der Waals surface area (Å²) in [6, 6.07) is 7.47. The van der Waals surface area contributed by atoms with Gasteiger partial charge in [-0.25, -0.2) is 0 Å². The van der Waals surface area contributed by atoms with Crippen LogP contribution >= 0.6 is 34.8 Å². The van der Waals surface area contributed by atoms with Gasteiger partial charge in [-0.15, -0.1) is 0 Å². The molecule has 1 aliphatic carbocycles. The van der Waals surface area contributed by atoms with Crippen molar-refractivity contribution in [3.05, 3.63) is 51.5 Å². The zero-order chi connectivity index (χ0) is 18.4. The molecule has 0 spiro atoms. The third kappa shape index (κ3) is 5.77. The number of rotatable bonds is 5. The smallest absolute Gasteiger partial charge is 0.310 e. The highest BCUT2D eigenvalue weighted by atomic mass is 35.5. The molecule has 1 aliphatic rings. The molecule has 4 nitrogen and oxygen atoms in total. The van der Waals surface area contributed by atoms with Crippen LogP contribution in [0, 0.1) is 18.8 Å². The Morgan fingerprint density at radius 3 is 2.28 bits per heavy atom. The van der Waals surface area contributed by atoms with E-state index in [4.69, 9.17) is 39.5 Å². The van der Waals surface area contributed by atoms with Crippen molar-refractivity contribution in [1.29, 1.82) is 0 Å². The lowest BCUT2D eigenvalue weighted by Crippen LogP contribution is -2.36. The van der Waals surface area contributed by atoms with Crippen molar-refractivity contribution >= 4 is 52.4 Å². The number of aryl methyl sites for hydroxylation is 1. The van der Waals surface area contributed by atoms with Crippen LogP contribution in [0.5, 0.6) is 0 Å². The monoisotopic (exact) mass is 401 g/mol. The molecule has 0 saturated carbocycles. The van der Waals surface area contributed by atoms with Crippen molar-refractivity contribution in [2.75, 3.05) is 11.9 Å². The molecule has 0 fully saturated rings. The summed E-state index contributed by atoms with van der Waals surface area (Å²) >= 11 is 16.8. The quantitative estimate of drug-likeness (QED) is 0.560. The van der Waals surface area contributed by atoms with E-state index >= 15 is 0 Å². The fraction of sp³-hybridized carbons (Fsp3) is 0.333. The number of halogens is 3. The maximum Gasteiger partial charge on any atom is 0.310 e. The Bertz CT molecular complexity index is 694. The molecule has 2 rings (SSSR count). The lowest BCUT2D eigenvalue weighted by atomic mass is 9.82. The lowest BCUT2D eigenvalue weighted by Gasteiger charge is -2.26. The summed E-state index contributed by atoms with van der Waals surface area (Å²) in [6.07, 6.45) is 4.66. The first-order valence-corrected chi connectivity index (χ1v) is 8.90. The molecule has 0 aromatic heterocycles. The molecule has 0 heterocycles. The van der Waals surface area contributed by atoms with E-state index in [0.29, 0.717) is 18.5 Å². The highest BCUT2D eigenvalue weighted by molar-refractivity contribution is 6.59. The van der Waals surface area contributed by atoms with Gasteiger partial charge in [-0.3, -0.25) is 9.59 Å². The predicted octanol–water partition coefficient (Wildman–Crippen LogP) is 4.94. The average molecular weight is 403 g/mol. The van der Waals surface area contributed by atoms with Gasteiger partial charge in [-0.2, -0.15) is 0 Å². The molecule has 25 heavy (non-hydrogen) atoms. The van der Waals surface area contributed by atoms with Crippen molar-refractivity contribution in [1.82, 2.24) is 0 Å². The zero-order valence-electron chi connectivity index (χ0n) is 13.6. The Labute approximate surface area is 161 Å². The molecule has 134 valence electrons. The fourth-order valence-corrected chi connectivity index (χ4v) is 2.70. The number of carbonyl (C=O) groups excluding carboxylic acids is 2. The van der Waals surface area contributed by atoms with Crippen LogP contribution in [0.15, 0.2) is 45.9 Å². The number of hydrogen-bond acceptors (Lipinski definition) is 3. The average Bonchev–Trinajstić information content (AvgIpc) is 2.61. The minimum Gasteiger partial charge on any atom is -0.460 e. The maximum absolute atomic E-state index is 12.6. The van der Waals surface area contributed by atoms with E-state index in [0.717, 1.165) is 5.56 Å². The number of hydrogen-bond donors (Lipinski definition) is 1. The minimum atomic E-state index is -0.575. The van der Waals surface area contributed by atoms with E-state index in [1.807, 2.05) is 43.3 Å². The molecule has 1 aromatic rings. The second-order valence-corrected chi connectivity index (χ2v) is 7.19. The van der Waals surface area contributed by atoms with Gasteiger partial charge in [-0.05, 0) is 31.9 Å². The van der Waals surface area contributed by atoms with Gasteiger partial charge in [0.25, 0.3) is 0 Å². The van der Waals surface area contributed by atoms with E-state index in [9.17, 15) is 9.59 Å². The van der Waals surface area contributed by atoms with Crippen LogP contribution in [-0.4, -0.2) is 18.5 Å². The number of nitrogens with one attached hydrogen (secondary N) is 1. The number of ether oxygens (including phenoxy) is 1. The number of amides is 1. The molecule has 1 N–H and O–H groups in total. The van der Waals surface area contributed by atoms with E-state index < -0.39 is 17.8 Å². The zero-order valence-corrected chi connectivity index (χ0v) is 15.9. The van der Waals surface area contributed by atoms with Crippen LogP contribution in [-0.2, 0) is 14.3 Å². The Kier molecular flexibility index (Phi) is 7.36. The Morgan fingerprint density at radius 1 is 1.08 bits per heavy atom. The summed E-state index contributed by atoms with van der Waals surface area (Å²) in [5.74, 6) is -1.80. The van der Waals surface area contributed by atoms with Gasteiger partial charge in [0.05, 0.1) is 16.9 Å². The highest BCUT2D eigenvalue weighted by Crippen LogP contribution is 2.29. The summed E-state index contributed by atoms with van der Waals surface area (Å²) in [7, 11) is 0. The molecular weight excluding hydrogens is 385 g/mol. The molecule has 0 saturated heterocycles. The topological polar surface area (TPSA) is 55.4 Å². The van der Waals surface area contributed by atoms with E-state index in [1.54, 1.807) is 0 Å². The normalized spacial score (nSPS) is 19.2. The summed E-state index contributed by atoms with van der Waals surface area (Å²) in [5, 5.41) is 2.89. The number of carbonyl (C=O) groups is 2. The third-order valence-electron chi connectivity index (χ3n) is 3.94. The molecule has 2 atom stereocenters. The second-order valence-electron chi connectivity index (χ2n) is 5.78. The molecule has 1 amide bonds. The number of allylic oxidation sites excluding steroid dienone is 2. The second kappa shape index (κ2) is 9.27. The molecule has 0 unspecified atom stereocenters. The van der Waals surface area contributed by atoms with Gasteiger partial charge in [0.15, 0.2) is 0 Å². The summed E-state index contributed by atoms with van der Waals surface area (Å²) in [4.78, 5) is 24.9. The standard InChI is InChI=1S/C18H18Cl3NO3/c1-11-6-8-12(9-7-11)22-17(23)13-4-2-3-5-14(13)18(24)25-10-15(19)16(20)21/h2-3,6-9,13-14H,4-5,10H2,1H3,(H,22,23)/t13-,14+/m0/s1. The highest BCUT2D eigenvalue weighted by Gasteiger charge is 2.35. The maximum atomic E-state index is 12.6. The van der Waals surface area contributed by atoms with Crippen molar-refractivity contribution in [3.8, 4) is 0 Å². The minimum absolute atomic E-state index is 0.0451. The Morgan fingerprint density at radius 2 is 1.68 bits per heavy atom. The van der Waals surface area contributed by atoms with Gasteiger partial charge in [-0.1, -0.05) is 64.7 Å². The van der Waals surface area contributed by atoms with Crippen molar-refractivity contribution in [2.45, 2.75) is 19.8 Å². The predicted molar refractivity (Wildman–Crippen MR) is 101 cm³/mol. The number of anilines is 1. The van der Waals surface area contributed by atoms with Crippen LogP contribution in [0.1, 0.15) is 18.4 Å².